The molecule has 0 aromatic carbocycles. The normalized spacial score (nSPS) is 18.9. The Morgan fingerprint density at radius 2 is 2.14 bits per heavy atom. The summed E-state index contributed by atoms with van der Waals surface area (Å²) in [5.41, 5.74) is -0.0351. The van der Waals surface area contributed by atoms with E-state index < -0.39 is 16.0 Å². The molecule has 2 rings (SSSR count). The number of hydrogen-bond donors (Lipinski definition) is 2. The van der Waals surface area contributed by atoms with Crippen molar-refractivity contribution in [2.45, 2.75) is 25.2 Å². The highest BCUT2D eigenvalue weighted by molar-refractivity contribution is 7.89. The summed E-state index contributed by atoms with van der Waals surface area (Å²) in [4.78, 5) is 11.7. The van der Waals surface area contributed by atoms with Gasteiger partial charge in [-0.1, -0.05) is 0 Å². The van der Waals surface area contributed by atoms with Crippen molar-refractivity contribution in [3.8, 4) is 0 Å². The maximum Gasteiger partial charge on any atom is 0.342 e. The molecule has 1 aliphatic heterocycles. The van der Waals surface area contributed by atoms with Crippen LogP contribution in [0.5, 0.6) is 0 Å². The van der Waals surface area contributed by atoms with E-state index in [1.165, 1.54) is 14.0 Å². The molecular formula is C13H20N2O5S. The largest absolute Gasteiger partial charge is 0.465 e. The van der Waals surface area contributed by atoms with Crippen LogP contribution in [0.4, 0.5) is 0 Å². The van der Waals surface area contributed by atoms with E-state index in [4.69, 9.17) is 4.42 Å². The van der Waals surface area contributed by atoms with Crippen LogP contribution in [-0.2, 0) is 14.8 Å². The molecule has 7 nitrogen and oxygen atoms in total. The number of methoxy groups -OCH3 is 1. The Morgan fingerprint density at radius 3 is 2.71 bits per heavy atom. The summed E-state index contributed by atoms with van der Waals surface area (Å²) in [7, 11) is -2.61. The number of nitrogens with one attached hydrogen (secondary N) is 2. The Bertz CT molecular complexity index is 629. The third-order valence-corrected chi connectivity index (χ3v) is 5.16. The monoisotopic (exact) mass is 316 g/mol. The lowest BCUT2D eigenvalue weighted by Crippen LogP contribution is -2.31. The predicted octanol–water partition coefficient (Wildman–Crippen LogP) is 0.571. The molecule has 2 N–H and O–H groups in total. The molecular weight excluding hydrogens is 296 g/mol. The zero-order chi connectivity index (χ0) is 15.6. The Hall–Kier alpha value is -1.38. The Morgan fingerprint density at radius 1 is 1.43 bits per heavy atom. The molecule has 0 bridgehead atoms. The molecule has 1 aromatic heterocycles. The molecule has 118 valence electrons. The predicted molar refractivity (Wildman–Crippen MR) is 75.7 cm³/mol. The van der Waals surface area contributed by atoms with Crippen LogP contribution >= 0.6 is 0 Å². The Balaban J connectivity index is 2.28. The number of carbonyl (C=O) groups excluding carboxylic acids is 1. The van der Waals surface area contributed by atoms with Crippen molar-refractivity contribution >= 4 is 16.0 Å². The van der Waals surface area contributed by atoms with Crippen LogP contribution in [0.25, 0.3) is 0 Å². The number of rotatable bonds is 5. The zero-order valence-corrected chi connectivity index (χ0v) is 13.2. The summed E-state index contributed by atoms with van der Waals surface area (Å²) in [6, 6.07) is 0. The van der Waals surface area contributed by atoms with E-state index in [0.29, 0.717) is 6.54 Å². The summed E-state index contributed by atoms with van der Waals surface area (Å²) in [6.07, 6.45) is 0.926. The van der Waals surface area contributed by atoms with E-state index in [1.807, 2.05) is 0 Å². The number of esters is 1. The van der Waals surface area contributed by atoms with Gasteiger partial charge in [0.1, 0.15) is 22.0 Å². The summed E-state index contributed by atoms with van der Waals surface area (Å²) < 4.78 is 37.4. The lowest BCUT2D eigenvalue weighted by Gasteiger charge is -2.11. The second-order valence-electron chi connectivity index (χ2n) is 5.12. The van der Waals surface area contributed by atoms with Crippen molar-refractivity contribution < 1.29 is 22.4 Å². The molecule has 0 radical (unpaired) electrons. The van der Waals surface area contributed by atoms with Crippen LogP contribution in [-0.4, -0.2) is 41.1 Å². The van der Waals surface area contributed by atoms with Gasteiger partial charge in [0, 0.05) is 6.54 Å². The summed E-state index contributed by atoms with van der Waals surface area (Å²) in [5.74, 6) is -0.0332. The van der Waals surface area contributed by atoms with Crippen LogP contribution < -0.4 is 10.0 Å². The second-order valence-corrected chi connectivity index (χ2v) is 6.82. The van der Waals surface area contributed by atoms with E-state index >= 15 is 0 Å². The fourth-order valence-electron chi connectivity index (χ4n) is 2.51. The van der Waals surface area contributed by atoms with Gasteiger partial charge in [-0.3, -0.25) is 0 Å². The van der Waals surface area contributed by atoms with Gasteiger partial charge in [0.2, 0.25) is 10.0 Å². The van der Waals surface area contributed by atoms with Crippen LogP contribution in [0.3, 0.4) is 0 Å². The van der Waals surface area contributed by atoms with Gasteiger partial charge in [0.25, 0.3) is 0 Å². The number of sulfonamides is 1. The molecule has 2 heterocycles. The first kappa shape index (κ1) is 16.0. The number of aryl methyl sites for hydroxylation is 2. The summed E-state index contributed by atoms with van der Waals surface area (Å²) in [6.45, 7) is 5.07. The van der Waals surface area contributed by atoms with Gasteiger partial charge in [-0.05, 0) is 39.3 Å². The quantitative estimate of drug-likeness (QED) is 0.771. The van der Waals surface area contributed by atoms with E-state index in [9.17, 15) is 13.2 Å². The summed E-state index contributed by atoms with van der Waals surface area (Å²) >= 11 is 0. The van der Waals surface area contributed by atoms with Crippen molar-refractivity contribution in [3.63, 3.8) is 0 Å². The van der Waals surface area contributed by atoms with Crippen molar-refractivity contribution in [3.05, 3.63) is 17.1 Å². The molecule has 1 atom stereocenters. The lowest BCUT2D eigenvalue weighted by atomic mass is 10.1. The highest BCUT2D eigenvalue weighted by Crippen LogP contribution is 2.27. The highest BCUT2D eigenvalue weighted by atomic mass is 32.2. The van der Waals surface area contributed by atoms with E-state index in [0.717, 1.165) is 19.5 Å². The zero-order valence-electron chi connectivity index (χ0n) is 12.4. The van der Waals surface area contributed by atoms with Crippen molar-refractivity contribution in [2.24, 2.45) is 5.92 Å². The molecule has 0 amide bonds. The van der Waals surface area contributed by atoms with Crippen molar-refractivity contribution in [2.75, 3.05) is 26.7 Å². The van der Waals surface area contributed by atoms with E-state index in [2.05, 4.69) is 14.8 Å². The van der Waals surface area contributed by atoms with Gasteiger partial charge in [0.05, 0.1) is 7.11 Å². The van der Waals surface area contributed by atoms with E-state index in [1.54, 1.807) is 6.92 Å². The third-order valence-electron chi connectivity index (χ3n) is 3.59. The maximum absolute atomic E-state index is 12.5. The average molecular weight is 316 g/mol. The topological polar surface area (TPSA) is 97.6 Å². The van der Waals surface area contributed by atoms with Gasteiger partial charge in [-0.25, -0.2) is 17.9 Å². The fraction of sp³-hybridized carbons (Fsp3) is 0.615. The average Bonchev–Trinajstić information content (AvgIpc) is 3.03. The number of carbonyl (C=O) groups is 1. The molecule has 1 aromatic rings. The molecule has 1 aliphatic rings. The third kappa shape index (κ3) is 3.28. The Kier molecular flexibility index (Phi) is 4.70. The number of furan rings is 1. The Labute approximate surface area is 124 Å². The molecule has 21 heavy (non-hydrogen) atoms. The van der Waals surface area contributed by atoms with Gasteiger partial charge in [0.15, 0.2) is 0 Å². The minimum absolute atomic E-state index is 0.0351. The first-order chi connectivity index (χ1) is 9.86. The van der Waals surface area contributed by atoms with Gasteiger partial charge < -0.3 is 14.5 Å². The van der Waals surface area contributed by atoms with Crippen LogP contribution in [0, 0.1) is 19.8 Å². The van der Waals surface area contributed by atoms with Crippen LogP contribution in [0.2, 0.25) is 0 Å². The maximum atomic E-state index is 12.5. The van der Waals surface area contributed by atoms with Crippen molar-refractivity contribution in [1.29, 1.82) is 0 Å². The van der Waals surface area contributed by atoms with Gasteiger partial charge >= 0.3 is 5.97 Å². The highest BCUT2D eigenvalue weighted by Gasteiger charge is 2.32. The first-order valence-corrected chi connectivity index (χ1v) is 8.23. The van der Waals surface area contributed by atoms with Crippen LogP contribution in [0.15, 0.2) is 9.31 Å². The molecule has 8 heteroatoms. The molecule has 0 saturated carbocycles. The van der Waals surface area contributed by atoms with Gasteiger partial charge in [-0.15, -0.1) is 0 Å². The van der Waals surface area contributed by atoms with Crippen LogP contribution in [0.1, 0.15) is 28.3 Å². The second kappa shape index (κ2) is 6.17. The minimum atomic E-state index is -3.82. The lowest BCUT2D eigenvalue weighted by molar-refractivity contribution is 0.0595. The molecule has 0 aliphatic carbocycles. The number of ether oxygens (including phenoxy) is 1. The smallest absolute Gasteiger partial charge is 0.342 e. The molecule has 0 spiro atoms. The fourth-order valence-corrected chi connectivity index (χ4v) is 4.03. The first-order valence-electron chi connectivity index (χ1n) is 6.75. The molecule has 1 fully saturated rings. The standard InChI is InChI=1S/C13H20N2O5S/c1-8-11(13(16)19-3)12(9(2)20-8)21(17,18)15-7-10-4-5-14-6-10/h10,14-15H,4-7H2,1-3H3. The molecule has 1 saturated heterocycles. The van der Waals surface area contributed by atoms with Gasteiger partial charge in [-0.2, -0.15) is 0 Å². The SMILES string of the molecule is COC(=O)c1c(C)oc(C)c1S(=O)(=O)NCC1CCNC1. The minimum Gasteiger partial charge on any atom is -0.465 e. The molecule has 1 unspecified atom stereocenters. The number of hydrogen-bond acceptors (Lipinski definition) is 6. The summed E-state index contributed by atoms with van der Waals surface area (Å²) in [5, 5.41) is 3.18. The van der Waals surface area contributed by atoms with Crippen molar-refractivity contribution in [1.82, 2.24) is 10.0 Å². The van der Waals surface area contributed by atoms with E-state index in [-0.39, 0.29) is 27.9 Å².